The standard InChI is InChI=1S/C16H33N3O3S/c1-4-13-23(21,22)19-12-7-9-15(14-19)16(20)17-10-8-11-18(5-2)6-3/h15H,4-14H2,1-3H3,(H,17,20). The van der Waals surface area contributed by atoms with Crippen LogP contribution in [0.15, 0.2) is 0 Å². The van der Waals surface area contributed by atoms with Gasteiger partial charge in [-0.2, -0.15) is 0 Å². The minimum Gasteiger partial charge on any atom is -0.356 e. The van der Waals surface area contributed by atoms with E-state index in [2.05, 4.69) is 24.1 Å². The van der Waals surface area contributed by atoms with Gasteiger partial charge in [-0.1, -0.05) is 20.8 Å². The Hall–Kier alpha value is -0.660. The first kappa shape index (κ1) is 20.4. The van der Waals surface area contributed by atoms with Crippen LogP contribution in [0.25, 0.3) is 0 Å². The smallest absolute Gasteiger partial charge is 0.224 e. The van der Waals surface area contributed by atoms with Gasteiger partial charge in [0.15, 0.2) is 0 Å². The molecule has 23 heavy (non-hydrogen) atoms. The van der Waals surface area contributed by atoms with Crippen molar-refractivity contribution in [3.63, 3.8) is 0 Å². The van der Waals surface area contributed by atoms with E-state index in [1.165, 1.54) is 4.31 Å². The lowest BCUT2D eigenvalue weighted by atomic mass is 9.99. The van der Waals surface area contributed by atoms with E-state index in [0.717, 1.165) is 38.9 Å². The number of rotatable bonds is 10. The van der Waals surface area contributed by atoms with E-state index in [-0.39, 0.29) is 17.6 Å². The van der Waals surface area contributed by atoms with E-state index >= 15 is 0 Å². The summed E-state index contributed by atoms with van der Waals surface area (Å²) >= 11 is 0. The number of amides is 1. The van der Waals surface area contributed by atoms with Crippen molar-refractivity contribution < 1.29 is 13.2 Å². The summed E-state index contributed by atoms with van der Waals surface area (Å²) in [5.41, 5.74) is 0. The molecule has 1 fully saturated rings. The van der Waals surface area contributed by atoms with Crippen LogP contribution in [0, 0.1) is 5.92 Å². The molecule has 0 spiro atoms. The molecule has 0 radical (unpaired) electrons. The van der Waals surface area contributed by atoms with Crippen molar-refractivity contribution in [2.24, 2.45) is 5.92 Å². The monoisotopic (exact) mass is 347 g/mol. The van der Waals surface area contributed by atoms with Gasteiger partial charge >= 0.3 is 0 Å². The molecule has 0 aromatic carbocycles. The molecule has 1 amide bonds. The SMILES string of the molecule is CCCS(=O)(=O)N1CCCC(C(=O)NCCCN(CC)CC)C1. The summed E-state index contributed by atoms with van der Waals surface area (Å²) in [7, 11) is -3.20. The fourth-order valence-electron chi connectivity index (χ4n) is 2.99. The third-order valence-corrected chi connectivity index (χ3v) is 6.50. The fraction of sp³-hybridized carbons (Fsp3) is 0.938. The van der Waals surface area contributed by atoms with Crippen LogP contribution in [0.3, 0.4) is 0 Å². The van der Waals surface area contributed by atoms with Crippen LogP contribution in [0.4, 0.5) is 0 Å². The topological polar surface area (TPSA) is 69.7 Å². The van der Waals surface area contributed by atoms with Gasteiger partial charge in [-0.25, -0.2) is 12.7 Å². The highest BCUT2D eigenvalue weighted by Crippen LogP contribution is 2.20. The maximum atomic E-state index is 12.3. The summed E-state index contributed by atoms with van der Waals surface area (Å²) in [4.78, 5) is 14.6. The van der Waals surface area contributed by atoms with Gasteiger partial charge in [0.1, 0.15) is 0 Å². The van der Waals surface area contributed by atoms with Gasteiger partial charge in [-0.05, 0) is 45.3 Å². The summed E-state index contributed by atoms with van der Waals surface area (Å²) < 4.78 is 25.8. The van der Waals surface area contributed by atoms with Crippen LogP contribution in [-0.2, 0) is 14.8 Å². The van der Waals surface area contributed by atoms with Crippen molar-refractivity contribution in [2.45, 2.75) is 46.5 Å². The number of nitrogens with zero attached hydrogens (tertiary/aromatic N) is 2. The van der Waals surface area contributed by atoms with Crippen LogP contribution in [-0.4, -0.2) is 68.6 Å². The van der Waals surface area contributed by atoms with Gasteiger partial charge in [-0.3, -0.25) is 4.79 Å². The predicted molar refractivity (Wildman–Crippen MR) is 93.8 cm³/mol. The number of carbonyl (C=O) groups excluding carboxylic acids is 1. The minimum absolute atomic E-state index is 0.000875. The third-order valence-electron chi connectivity index (χ3n) is 4.46. The molecule has 1 aliphatic heterocycles. The van der Waals surface area contributed by atoms with Crippen molar-refractivity contribution in [1.82, 2.24) is 14.5 Å². The summed E-state index contributed by atoms with van der Waals surface area (Å²) in [5, 5.41) is 2.97. The van der Waals surface area contributed by atoms with Crippen molar-refractivity contribution in [3.8, 4) is 0 Å². The average Bonchev–Trinajstić information content (AvgIpc) is 2.55. The Morgan fingerprint density at radius 1 is 1.26 bits per heavy atom. The Morgan fingerprint density at radius 3 is 2.57 bits per heavy atom. The molecule has 1 saturated heterocycles. The number of hydrogen-bond acceptors (Lipinski definition) is 4. The first-order valence-corrected chi connectivity index (χ1v) is 10.5. The molecule has 0 aromatic heterocycles. The van der Waals surface area contributed by atoms with Crippen LogP contribution in [0.1, 0.15) is 46.5 Å². The Bertz CT molecular complexity index is 449. The Labute approximate surface area is 141 Å². The van der Waals surface area contributed by atoms with E-state index < -0.39 is 10.0 Å². The van der Waals surface area contributed by atoms with Crippen LogP contribution in [0.2, 0.25) is 0 Å². The quantitative estimate of drug-likeness (QED) is 0.605. The number of nitrogens with one attached hydrogen (secondary N) is 1. The van der Waals surface area contributed by atoms with E-state index in [1.54, 1.807) is 0 Å². The fourth-order valence-corrected chi connectivity index (χ4v) is 4.58. The number of sulfonamides is 1. The lowest BCUT2D eigenvalue weighted by molar-refractivity contribution is -0.126. The van der Waals surface area contributed by atoms with Crippen LogP contribution >= 0.6 is 0 Å². The van der Waals surface area contributed by atoms with Gasteiger partial charge in [0, 0.05) is 19.6 Å². The number of piperidine rings is 1. The molecule has 0 aromatic rings. The van der Waals surface area contributed by atoms with Crippen molar-refractivity contribution in [2.75, 3.05) is 45.0 Å². The Balaban J connectivity index is 2.38. The van der Waals surface area contributed by atoms with Gasteiger partial charge in [0.2, 0.25) is 15.9 Å². The highest BCUT2D eigenvalue weighted by molar-refractivity contribution is 7.89. The summed E-state index contributed by atoms with van der Waals surface area (Å²) in [6, 6.07) is 0. The highest BCUT2D eigenvalue weighted by Gasteiger charge is 2.31. The van der Waals surface area contributed by atoms with Crippen molar-refractivity contribution >= 4 is 15.9 Å². The van der Waals surface area contributed by atoms with Crippen LogP contribution in [0.5, 0.6) is 0 Å². The molecular formula is C16H33N3O3S. The van der Waals surface area contributed by atoms with Crippen molar-refractivity contribution in [1.29, 1.82) is 0 Å². The molecular weight excluding hydrogens is 314 g/mol. The molecule has 1 atom stereocenters. The first-order valence-electron chi connectivity index (χ1n) is 8.92. The molecule has 6 nitrogen and oxygen atoms in total. The van der Waals surface area contributed by atoms with Gasteiger partial charge < -0.3 is 10.2 Å². The molecule has 0 bridgehead atoms. The molecule has 0 aliphatic carbocycles. The third kappa shape index (κ3) is 6.77. The zero-order chi connectivity index (χ0) is 17.3. The van der Waals surface area contributed by atoms with E-state index in [0.29, 0.717) is 26.1 Å². The molecule has 1 heterocycles. The molecule has 1 aliphatic rings. The number of hydrogen-bond donors (Lipinski definition) is 1. The van der Waals surface area contributed by atoms with E-state index in [9.17, 15) is 13.2 Å². The number of carbonyl (C=O) groups is 1. The predicted octanol–water partition coefficient (Wildman–Crippen LogP) is 1.29. The maximum Gasteiger partial charge on any atom is 0.224 e. The molecule has 1 N–H and O–H groups in total. The molecule has 7 heteroatoms. The van der Waals surface area contributed by atoms with Crippen LogP contribution < -0.4 is 5.32 Å². The lowest BCUT2D eigenvalue weighted by Crippen LogP contribution is -2.46. The molecule has 0 saturated carbocycles. The zero-order valence-electron chi connectivity index (χ0n) is 14.9. The second-order valence-corrected chi connectivity index (χ2v) is 8.27. The van der Waals surface area contributed by atoms with Gasteiger partial charge in [-0.15, -0.1) is 0 Å². The Kier molecular flexibility index (Phi) is 9.09. The first-order chi connectivity index (χ1) is 10.9. The molecule has 136 valence electrons. The second kappa shape index (κ2) is 10.3. The molecule has 1 unspecified atom stereocenters. The second-order valence-electron chi connectivity index (χ2n) is 6.18. The lowest BCUT2D eigenvalue weighted by Gasteiger charge is -2.31. The van der Waals surface area contributed by atoms with Gasteiger partial charge in [0.25, 0.3) is 0 Å². The average molecular weight is 348 g/mol. The summed E-state index contributed by atoms with van der Waals surface area (Å²) in [5.74, 6) is -0.0321. The van der Waals surface area contributed by atoms with E-state index in [4.69, 9.17) is 0 Å². The summed E-state index contributed by atoms with van der Waals surface area (Å²) in [6.07, 6.45) is 3.08. The normalized spacial score (nSPS) is 19.9. The highest BCUT2D eigenvalue weighted by atomic mass is 32.2. The maximum absolute atomic E-state index is 12.3. The zero-order valence-corrected chi connectivity index (χ0v) is 15.7. The van der Waals surface area contributed by atoms with Gasteiger partial charge in [0.05, 0.1) is 11.7 Å². The molecule has 1 rings (SSSR count). The van der Waals surface area contributed by atoms with Crippen molar-refractivity contribution in [3.05, 3.63) is 0 Å². The minimum atomic E-state index is -3.20. The largest absolute Gasteiger partial charge is 0.356 e. The summed E-state index contributed by atoms with van der Waals surface area (Å²) in [6.45, 7) is 10.7. The van der Waals surface area contributed by atoms with E-state index in [1.807, 2.05) is 6.92 Å². The Morgan fingerprint density at radius 2 is 1.96 bits per heavy atom.